The van der Waals surface area contributed by atoms with Crippen LogP contribution >= 0.6 is 23.4 Å². The van der Waals surface area contributed by atoms with Gasteiger partial charge >= 0.3 is 0 Å². The molecule has 1 aliphatic rings. The summed E-state index contributed by atoms with van der Waals surface area (Å²) in [5.74, 6) is 1.15. The standard InChI is InChI=1S/C14H21ClN2S/c1-16-13-3-2-8-17(11-13)9-10-18-14-6-4-12(15)5-7-14/h4-7,13,16H,2-3,8-11H2,1H3. The van der Waals surface area contributed by atoms with Crippen LogP contribution in [0.4, 0.5) is 0 Å². The van der Waals surface area contributed by atoms with E-state index in [0.29, 0.717) is 6.04 Å². The summed E-state index contributed by atoms with van der Waals surface area (Å²) >= 11 is 7.79. The molecule has 18 heavy (non-hydrogen) atoms. The molecule has 2 nitrogen and oxygen atoms in total. The first-order valence-electron chi connectivity index (χ1n) is 6.56. The zero-order valence-corrected chi connectivity index (χ0v) is 12.4. The quantitative estimate of drug-likeness (QED) is 0.837. The second kappa shape index (κ2) is 7.39. The van der Waals surface area contributed by atoms with Gasteiger partial charge in [0.05, 0.1) is 0 Å². The Hall–Kier alpha value is -0.220. The van der Waals surface area contributed by atoms with Crippen molar-refractivity contribution in [1.82, 2.24) is 10.2 Å². The van der Waals surface area contributed by atoms with Crippen molar-refractivity contribution in [1.29, 1.82) is 0 Å². The van der Waals surface area contributed by atoms with Gasteiger partial charge in [-0.15, -0.1) is 11.8 Å². The molecule has 100 valence electrons. The molecule has 1 aromatic rings. The van der Waals surface area contributed by atoms with Crippen LogP contribution in [0.25, 0.3) is 0 Å². The van der Waals surface area contributed by atoms with E-state index in [1.807, 2.05) is 23.9 Å². The molecule has 0 aliphatic carbocycles. The number of hydrogen-bond acceptors (Lipinski definition) is 3. The highest BCUT2D eigenvalue weighted by Crippen LogP contribution is 2.20. The maximum atomic E-state index is 5.88. The van der Waals surface area contributed by atoms with E-state index in [1.54, 1.807) is 0 Å². The maximum absolute atomic E-state index is 5.88. The van der Waals surface area contributed by atoms with Gasteiger partial charge in [-0.1, -0.05) is 11.6 Å². The van der Waals surface area contributed by atoms with Gasteiger partial charge < -0.3 is 10.2 Å². The van der Waals surface area contributed by atoms with Crippen molar-refractivity contribution in [3.05, 3.63) is 29.3 Å². The molecule has 0 spiro atoms. The summed E-state index contributed by atoms with van der Waals surface area (Å²) in [4.78, 5) is 3.87. The lowest BCUT2D eigenvalue weighted by molar-refractivity contribution is 0.206. The van der Waals surface area contributed by atoms with E-state index in [2.05, 4.69) is 29.4 Å². The van der Waals surface area contributed by atoms with Crippen LogP contribution in [0, 0.1) is 0 Å². The van der Waals surface area contributed by atoms with Gasteiger partial charge in [-0.2, -0.15) is 0 Å². The van der Waals surface area contributed by atoms with E-state index in [4.69, 9.17) is 11.6 Å². The molecule has 0 bridgehead atoms. The topological polar surface area (TPSA) is 15.3 Å². The molecule has 1 unspecified atom stereocenters. The fraction of sp³-hybridized carbons (Fsp3) is 0.571. The monoisotopic (exact) mass is 284 g/mol. The molecule has 0 radical (unpaired) electrons. The van der Waals surface area contributed by atoms with E-state index in [0.717, 1.165) is 10.8 Å². The molecule has 1 saturated heterocycles. The first-order valence-corrected chi connectivity index (χ1v) is 7.92. The third-order valence-electron chi connectivity index (χ3n) is 3.40. The van der Waals surface area contributed by atoms with Crippen molar-refractivity contribution >= 4 is 23.4 Å². The van der Waals surface area contributed by atoms with Crippen LogP contribution in [0.5, 0.6) is 0 Å². The predicted octanol–water partition coefficient (Wildman–Crippen LogP) is 3.12. The molecule has 0 saturated carbocycles. The Balaban J connectivity index is 1.70. The average Bonchev–Trinajstić information content (AvgIpc) is 2.41. The smallest absolute Gasteiger partial charge is 0.0406 e. The first-order chi connectivity index (χ1) is 8.78. The minimum Gasteiger partial charge on any atom is -0.316 e. The highest BCUT2D eigenvalue weighted by Gasteiger charge is 2.17. The number of hydrogen-bond donors (Lipinski definition) is 1. The maximum Gasteiger partial charge on any atom is 0.0406 e. The van der Waals surface area contributed by atoms with Crippen LogP contribution < -0.4 is 5.32 Å². The zero-order valence-electron chi connectivity index (χ0n) is 10.9. The van der Waals surface area contributed by atoms with E-state index in [9.17, 15) is 0 Å². The third kappa shape index (κ3) is 4.47. The normalized spacial score (nSPS) is 21.1. The number of nitrogens with one attached hydrogen (secondary N) is 1. The van der Waals surface area contributed by atoms with Crippen LogP contribution in [-0.4, -0.2) is 43.4 Å². The minimum atomic E-state index is 0.680. The molecule has 1 heterocycles. The second-order valence-corrected chi connectivity index (χ2v) is 6.34. The van der Waals surface area contributed by atoms with Gasteiger partial charge in [0.15, 0.2) is 0 Å². The van der Waals surface area contributed by atoms with E-state index < -0.39 is 0 Å². The van der Waals surface area contributed by atoms with Crippen LogP contribution in [0.15, 0.2) is 29.2 Å². The van der Waals surface area contributed by atoms with Gasteiger partial charge in [0.1, 0.15) is 0 Å². The summed E-state index contributed by atoms with van der Waals surface area (Å²) in [6.07, 6.45) is 2.63. The fourth-order valence-electron chi connectivity index (χ4n) is 2.32. The Bertz CT molecular complexity index is 355. The van der Waals surface area contributed by atoms with Crippen molar-refractivity contribution in [2.45, 2.75) is 23.8 Å². The first kappa shape index (κ1) is 14.2. The highest BCUT2D eigenvalue weighted by molar-refractivity contribution is 7.99. The fourth-order valence-corrected chi connectivity index (χ4v) is 3.36. The predicted molar refractivity (Wildman–Crippen MR) is 80.7 cm³/mol. The highest BCUT2D eigenvalue weighted by atomic mass is 35.5. The molecule has 0 amide bonds. The van der Waals surface area contributed by atoms with Gasteiger partial charge in [0.25, 0.3) is 0 Å². The molecular formula is C14H21ClN2S. The van der Waals surface area contributed by atoms with Crippen molar-refractivity contribution in [2.75, 3.05) is 32.4 Å². The molecule has 1 N–H and O–H groups in total. The number of benzene rings is 1. The third-order valence-corrected chi connectivity index (χ3v) is 4.65. The lowest BCUT2D eigenvalue weighted by Gasteiger charge is -2.32. The summed E-state index contributed by atoms with van der Waals surface area (Å²) in [5, 5.41) is 4.20. The molecule has 1 atom stereocenters. The Morgan fingerprint density at radius 3 is 2.89 bits per heavy atom. The second-order valence-electron chi connectivity index (χ2n) is 4.73. The Morgan fingerprint density at radius 2 is 2.17 bits per heavy atom. The Kier molecular flexibility index (Phi) is 5.83. The summed E-state index contributed by atoms with van der Waals surface area (Å²) in [6.45, 7) is 3.61. The van der Waals surface area contributed by atoms with Crippen molar-refractivity contribution in [3.8, 4) is 0 Å². The molecule has 2 rings (SSSR count). The van der Waals surface area contributed by atoms with Crippen LogP contribution in [0.2, 0.25) is 5.02 Å². The van der Waals surface area contributed by atoms with Gasteiger partial charge in [-0.3, -0.25) is 0 Å². The van der Waals surface area contributed by atoms with Crippen LogP contribution in [0.3, 0.4) is 0 Å². The molecular weight excluding hydrogens is 264 g/mol. The molecule has 1 aliphatic heterocycles. The molecule has 4 heteroatoms. The van der Waals surface area contributed by atoms with Gasteiger partial charge in [-0.05, 0) is 50.7 Å². The van der Waals surface area contributed by atoms with Crippen LogP contribution in [-0.2, 0) is 0 Å². The van der Waals surface area contributed by atoms with Crippen LogP contribution in [0.1, 0.15) is 12.8 Å². The summed E-state index contributed by atoms with van der Waals surface area (Å²) in [6, 6.07) is 8.79. The number of thioether (sulfide) groups is 1. The Morgan fingerprint density at radius 1 is 1.39 bits per heavy atom. The summed E-state index contributed by atoms with van der Waals surface area (Å²) < 4.78 is 0. The van der Waals surface area contributed by atoms with Crippen molar-refractivity contribution in [3.63, 3.8) is 0 Å². The molecule has 1 fully saturated rings. The van der Waals surface area contributed by atoms with Gasteiger partial charge in [-0.25, -0.2) is 0 Å². The summed E-state index contributed by atoms with van der Waals surface area (Å²) in [7, 11) is 2.07. The number of rotatable bonds is 5. The van der Waals surface area contributed by atoms with Gasteiger partial charge in [0, 0.05) is 34.8 Å². The number of likely N-dealkylation sites (tertiary alicyclic amines) is 1. The summed E-state index contributed by atoms with van der Waals surface area (Å²) in [5.41, 5.74) is 0. The lowest BCUT2D eigenvalue weighted by Crippen LogP contribution is -2.45. The van der Waals surface area contributed by atoms with E-state index in [-0.39, 0.29) is 0 Å². The average molecular weight is 285 g/mol. The number of piperidine rings is 1. The lowest BCUT2D eigenvalue weighted by atomic mass is 10.1. The van der Waals surface area contributed by atoms with Crippen molar-refractivity contribution in [2.24, 2.45) is 0 Å². The minimum absolute atomic E-state index is 0.680. The van der Waals surface area contributed by atoms with E-state index in [1.165, 1.54) is 37.4 Å². The Labute approximate surface area is 119 Å². The largest absolute Gasteiger partial charge is 0.316 e. The van der Waals surface area contributed by atoms with Gasteiger partial charge in [0.2, 0.25) is 0 Å². The van der Waals surface area contributed by atoms with E-state index >= 15 is 0 Å². The number of likely N-dealkylation sites (N-methyl/N-ethyl adjacent to an activating group) is 1. The SMILES string of the molecule is CNC1CCCN(CCSc2ccc(Cl)cc2)C1. The number of nitrogens with zero attached hydrogens (tertiary/aromatic N) is 1. The molecule has 0 aromatic heterocycles. The molecule has 1 aromatic carbocycles. The zero-order chi connectivity index (χ0) is 12.8. The van der Waals surface area contributed by atoms with Crippen molar-refractivity contribution < 1.29 is 0 Å². The number of halogens is 1.